The molecule has 6 nitrogen and oxygen atoms in total. The number of para-hydroxylation sites is 2. The molecule has 148 valence electrons. The first kappa shape index (κ1) is 21.7. The van der Waals surface area contributed by atoms with Crippen LogP contribution in [-0.4, -0.2) is 56.2 Å². The monoisotopic (exact) mass is 501 g/mol. The van der Waals surface area contributed by atoms with Gasteiger partial charge in [0.1, 0.15) is 10.8 Å². The molecule has 0 amide bonds. The average molecular weight is 501 g/mol. The van der Waals surface area contributed by atoms with Gasteiger partial charge in [-0.2, -0.15) is 0 Å². The number of aryl methyl sites for hydroxylation is 1. The van der Waals surface area contributed by atoms with Crippen LogP contribution in [0.15, 0.2) is 35.5 Å². The lowest BCUT2D eigenvalue weighted by Gasteiger charge is -2.38. The van der Waals surface area contributed by atoms with E-state index in [1.807, 2.05) is 25.4 Å². The minimum atomic E-state index is 0. The van der Waals surface area contributed by atoms with Gasteiger partial charge in [-0.1, -0.05) is 19.1 Å². The van der Waals surface area contributed by atoms with Crippen LogP contribution in [0, 0.1) is 0 Å². The Morgan fingerprint density at radius 2 is 2.00 bits per heavy atom. The molecular weight excluding hydrogens is 473 g/mol. The molecule has 0 unspecified atom stereocenters. The van der Waals surface area contributed by atoms with E-state index in [-0.39, 0.29) is 24.0 Å². The molecule has 0 atom stereocenters. The third-order valence-electron chi connectivity index (χ3n) is 4.56. The molecule has 1 fully saturated rings. The standard InChI is InChI=1S/C19H27N5OS.HI/c1-4-15-13-21-18(26-15)14-22-19(20-2)24-11-9-23(10-12-24)16-7-5-6-8-17(16)25-3;/h5-8,13H,4,9-12,14H2,1-3H3,(H,20,22);1H. The van der Waals surface area contributed by atoms with Crippen LogP contribution in [-0.2, 0) is 13.0 Å². The van der Waals surface area contributed by atoms with E-state index in [1.165, 1.54) is 4.88 Å². The molecule has 0 radical (unpaired) electrons. The molecule has 1 aromatic heterocycles. The fourth-order valence-electron chi connectivity index (χ4n) is 3.13. The summed E-state index contributed by atoms with van der Waals surface area (Å²) >= 11 is 1.76. The van der Waals surface area contributed by atoms with E-state index in [4.69, 9.17) is 4.74 Å². The molecule has 1 aliphatic heterocycles. The first-order chi connectivity index (χ1) is 12.7. The van der Waals surface area contributed by atoms with Gasteiger partial charge in [0, 0.05) is 44.3 Å². The number of hydrogen-bond acceptors (Lipinski definition) is 5. The highest BCUT2D eigenvalue weighted by Crippen LogP contribution is 2.28. The quantitative estimate of drug-likeness (QED) is 0.388. The number of aliphatic imine (C=N–C) groups is 1. The number of anilines is 1. The number of nitrogens with one attached hydrogen (secondary N) is 1. The fraction of sp³-hybridized carbons (Fsp3) is 0.474. The highest BCUT2D eigenvalue weighted by Gasteiger charge is 2.21. The Morgan fingerprint density at radius 3 is 2.63 bits per heavy atom. The second-order valence-electron chi connectivity index (χ2n) is 6.12. The number of nitrogens with zero attached hydrogens (tertiary/aromatic N) is 4. The number of hydrogen-bond donors (Lipinski definition) is 1. The number of rotatable bonds is 5. The van der Waals surface area contributed by atoms with Crippen LogP contribution in [0.3, 0.4) is 0 Å². The van der Waals surface area contributed by atoms with Crippen LogP contribution in [0.4, 0.5) is 5.69 Å². The number of benzene rings is 1. The lowest BCUT2D eigenvalue weighted by atomic mass is 10.2. The van der Waals surface area contributed by atoms with E-state index >= 15 is 0 Å². The molecular formula is C19H28IN5OS. The summed E-state index contributed by atoms with van der Waals surface area (Å²) in [5.74, 6) is 1.87. The van der Waals surface area contributed by atoms with Gasteiger partial charge >= 0.3 is 0 Å². The molecule has 1 aliphatic rings. The molecule has 1 aromatic carbocycles. The molecule has 2 heterocycles. The Hall–Kier alpha value is -1.55. The second-order valence-corrected chi connectivity index (χ2v) is 7.32. The van der Waals surface area contributed by atoms with Crippen molar-refractivity contribution in [1.29, 1.82) is 0 Å². The highest BCUT2D eigenvalue weighted by molar-refractivity contribution is 14.0. The maximum atomic E-state index is 5.50. The predicted molar refractivity (Wildman–Crippen MR) is 124 cm³/mol. The normalized spacial score (nSPS) is 14.7. The fourth-order valence-corrected chi connectivity index (χ4v) is 3.93. The zero-order chi connectivity index (χ0) is 18.4. The Morgan fingerprint density at radius 1 is 1.26 bits per heavy atom. The molecule has 0 bridgehead atoms. The maximum Gasteiger partial charge on any atom is 0.194 e. The van der Waals surface area contributed by atoms with Gasteiger partial charge in [-0.15, -0.1) is 35.3 Å². The minimum absolute atomic E-state index is 0. The van der Waals surface area contributed by atoms with Crippen LogP contribution in [0.1, 0.15) is 16.8 Å². The Bertz CT molecular complexity index is 743. The van der Waals surface area contributed by atoms with E-state index in [0.29, 0.717) is 0 Å². The molecule has 0 saturated carbocycles. The summed E-state index contributed by atoms with van der Waals surface area (Å²) in [5.41, 5.74) is 1.16. The van der Waals surface area contributed by atoms with Crippen molar-refractivity contribution < 1.29 is 4.74 Å². The van der Waals surface area contributed by atoms with Crippen LogP contribution in [0.5, 0.6) is 5.75 Å². The number of aromatic nitrogens is 1. The smallest absolute Gasteiger partial charge is 0.194 e. The summed E-state index contributed by atoms with van der Waals surface area (Å²) in [5, 5.41) is 4.56. The summed E-state index contributed by atoms with van der Waals surface area (Å²) in [6, 6.07) is 8.20. The second kappa shape index (κ2) is 10.7. The van der Waals surface area contributed by atoms with Gasteiger partial charge in [-0.25, -0.2) is 4.98 Å². The van der Waals surface area contributed by atoms with Crippen molar-refractivity contribution in [1.82, 2.24) is 15.2 Å². The third kappa shape index (κ3) is 5.47. The third-order valence-corrected chi connectivity index (χ3v) is 5.71. The van der Waals surface area contributed by atoms with Crippen molar-refractivity contribution in [2.75, 3.05) is 45.2 Å². The topological polar surface area (TPSA) is 53.0 Å². The summed E-state index contributed by atoms with van der Waals surface area (Å²) in [6.45, 7) is 6.62. The van der Waals surface area contributed by atoms with Crippen LogP contribution in [0.2, 0.25) is 0 Å². The highest BCUT2D eigenvalue weighted by atomic mass is 127. The number of guanidine groups is 1. The van der Waals surface area contributed by atoms with Gasteiger partial charge in [0.15, 0.2) is 5.96 Å². The molecule has 27 heavy (non-hydrogen) atoms. The average Bonchev–Trinajstić information content (AvgIpc) is 3.17. The Kier molecular flexibility index (Phi) is 8.62. The van der Waals surface area contributed by atoms with Crippen molar-refractivity contribution >= 4 is 47.0 Å². The first-order valence-electron chi connectivity index (χ1n) is 9.02. The summed E-state index contributed by atoms with van der Waals surface area (Å²) in [6.07, 6.45) is 3.01. The summed E-state index contributed by atoms with van der Waals surface area (Å²) < 4.78 is 5.50. The number of thiazole rings is 1. The Balaban J connectivity index is 0.00000261. The number of piperazine rings is 1. The zero-order valence-corrected chi connectivity index (χ0v) is 19.3. The van der Waals surface area contributed by atoms with Crippen molar-refractivity contribution in [3.8, 4) is 5.75 Å². The molecule has 0 spiro atoms. The van der Waals surface area contributed by atoms with E-state index in [1.54, 1.807) is 18.4 Å². The lowest BCUT2D eigenvalue weighted by molar-refractivity contribution is 0.367. The zero-order valence-electron chi connectivity index (χ0n) is 16.1. The van der Waals surface area contributed by atoms with Crippen molar-refractivity contribution in [2.45, 2.75) is 19.9 Å². The van der Waals surface area contributed by atoms with Gasteiger partial charge in [0.25, 0.3) is 0 Å². The molecule has 8 heteroatoms. The maximum absolute atomic E-state index is 5.50. The van der Waals surface area contributed by atoms with E-state index in [9.17, 15) is 0 Å². The molecule has 0 aliphatic carbocycles. The van der Waals surface area contributed by atoms with Crippen LogP contribution in [0.25, 0.3) is 0 Å². The van der Waals surface area contributed by atoms with E-state index in [2.05, 4.69) is 44.1 Å². The number of methoxy groups -OCH3 is 1. The molecule has 1 N–H and O–H groups in total. The predicted octanol–water partition coefficient (Wildman–Crippen LogP) is 3.23. The molecule has 1 saturated heterocycles. The first-order valence-corrected chi connectivity index (χ1v) is 9.84. The van der Waals surface area contributed by atoms with Gasteiger partial charge < -0.3 is 19.9 Å². The summed E-state index contributed by atoms with van der Waals surface area (Å²) in [4.78, 5) is 14.9. The molecule has 2 aromatic rings. The lowest BCUT2D eigenvalue weighted by Crippen LogP contribution is -2.52. The van der Waals surface area contributed by atoms with Crippen molar-refractivity contribution in [2.24, 2.45) is 4.99 Å². The molecule has 3 rings (SSSR count). The van der Waals surface area contributed by atoms with E-state index < -0.39 is 0 Å². The minimum Gasteiger partial charge on any atom is -0.495 e. The van der Waals surface area contributed by atoms with Gasteiger partial charge in [-0.05, 0) is 18.6 Å². The largest absolute Gasteiger partial charge is 0.495 e. The van der Waals surface area contributed by atoms with Crippen LogP contribution < -0.4 is 15.0 Å². The SMILES string of the molecule is CCc1cnc(CNC(=NC)N2CCN(c3ccccc3OC)CC2)s1.I. The Labute approximate surface area is 182 Å². The van der Waals surface area contributed by atoms with Gasteiger partial charge in [0.2, 0.25) is 0 Å². The summed E-state index contributed by atoms with van der Waals surface area (Å²) in [7, 11) is 3.57. The van der Waals surface area contributed by atoms with Crippen LogP contribution >= 0.6 is 35.3 Å². The number of halogens is 1. The van der Waals surface area contributed by atoms with Crippen molar-refractivity contribution in [3.63, 3.8) is 0 Å². The van der Waals surface area contributed by atoms with Gasteiger partial charge in [-0.3, -0.25) is 4.99 Å². The van der Waals surface area contributed by atoms with Gasteiger partial charge in [0.05, 0.1) is 19.3 Å². The van der Waals surface area contributed by atoms with E-state index in [0.717, 1.165) is 61.5 Å². The number of ether oxygens (including phenoxy) is 1. The van der Waals surface area contributed by atoms with Crippen molar-refractivity contribution in [3.05, 3.63) is 40.3 Å².